The van der Waals surface area contributed by atoms with E-state index in [-0.39, 0.29) is 5.92 Å². The summed E-state index contributed by atoms with van der Waals surface area (Å²) >= 11 is 5.87. The number of ether oxygens (including phenoxy) is 1. The highest BCUT2D eigenvalue weighted by Crippen LogP contribution is 2.26. The van der Waals surface area contributed by atoms with Crippen LogP contribution in [0.15, 0.2) is 54.6 Å². The number of aryl methyl sites for hydroxylation is 1. The minimum Gasteiger partial charge on any atom is -0.404 e. The van der Waals surface area contributed by atoms with Gasteiger partial charge in [-0.25, -0.2) is 9.48 Å². The van der Waals surface area contributed by atoms with E-state index in [1.54, 1.807) is 28.9 Å². The molecule has 0 unspecified atom stereocenters. The minimum absolute atomic E-state index is 0.221. The number of hydrogen-bond donors (Lipinski definition) is 0. The van der Waals surface area contributed by atoms with E-state index in [1.807, 2.05) is 37.3 Å². The molecule has 0 radical (unpaired) electrons. The standard InChI is InChI=1S/C20H19ClN2O2/c1-13(2)17-12-19(23(22-17)18-7-5-4-6-14(18)3)25-20(24)15-8-10-16(21)11-9-15/h4-13H,1-3H3. The fraction of sp³-hybridized carbons (Fsp3) is 0.200. The molecule has 0 saturated carbocycles. The number of carbonyl (C=O) groups is 1. The molecule has 0 bridgehead atoms. The van der Waals surface area contributed by atoms with Crippen molar-refractivity contribution in [3.8, 4) is 11.6 Å². The normalized spacial score (nSPS) is 10.9. The van der Waals surface area contributed by atoms with E-state index in [0.29, 0.717) is 16.5 Å². The Morgan fingerprint density at radius 1 is 1.12 bits per heavy atom. The highest BCUT2D eigenvalue weighted by molar-refractivity contribution is 6.30. The van der Waals surface area contributed by atoms with Crippen LogP contribution in [0.1, 0.15) is 41.4 Å². The Labute approximate surface area is 152 Å². The van der Waals surface area contributed by atoms with Crippen molar-refractivity contribution in [2.45, 2.75) is 26.7 Å². The second-order valence-corrected chi connectivity index (χ2v) is 6.59. The predicted octanol–water partition coefficient (Wildman–Crippen LogP) is 5.18. The number of aromatic nitrogens is 2. The van der Waals surface area contributed by atoms with Gasteiger partial charge in [0.05, 0.1) is 16.9 Å². The Hall–Kier alpha value is -2.59. The quantitative estimate of drug-likeness (QED) is 0.606. The molecule has 0 amide bonds. The van der Waals surface area contributed by atoms with Gasteiger partial charge in [0.25, 0.3) is 0 Å². The topological polar surface area (TPSA) is 44.1 Å². The molecule has 0 aliphatic carbocycles. The van der Waals surface area contributed by atoms with Crippen molar-refractivity contribution in [3.05, 3.63) is 76.4 Å². The summed E-state index contributed by atoms with van der Waals surface area (Å²) in [6.07, 6.45) is 0. The Morgan fingerprint density at radius 3 is 2.44 bits per heavy atom. The smallest absolute Gasteiger partial charge is 0.344 e. The summed E-state index contributed by atoms with van der Waals surface area (Å²) < 4.78 is 7.31. The average molecular weight is 355 g/mol. The lowest BCUT2D eigenvalue weighted by Crippen LogP contribution is -2.12. The molecule has 0 aliphatic rings. The maximum atomic E-state index is 12.5. The summed E-state index contributed by atoms with van der Waals surface area (Å²) in [4.78, 5) is 12.5. The molecule has 3 aromatic rings. The first-order chi connectivity index (χ1) is 12.0. The molecule has 4 nitrogen and oxygen atoms in total. The summed E-state index contributed by atoms with van der Waals surface area (Å²) in [6, 6.07) is 16.3. The lowest BCUT2D eigenvalue weighted by Gasteiger charge is -2.10. The van der Waals surface area contributed by atoms with Gasteiger partial charge in [-0.2, -0.15) is 5.10 Å². The van der Waals surface area contributed by atoms with Crippen LogP contribution < -0.4 is 4.74 Å². The average Bonchev–Trinajstić information content (AvgIpc) is 3.00. The van der Waals surface area contributed by atoms with Crippen LogP contribution in [0.25, 0.3) is 5.69 Å². The number of nitrogens with zero attached hydrogens (tertiary/aromatic N) is 2. The van der Waals surface area contributed by atoms with Gasteiger partial charge in [0.1, 0.15) is 0 Å². The van der Waals surface area contributed by atoms with Gasteiger partial charge >= 0.3 is 5.97 Å². The van der Waals surface area contributed by atoms with Crippen LogP contribution in [0.5, 0.6) is 5.88 Å². The SMILES string of the molecule is Cc1ccccc1-n1nc(C(C)C)cc1OC(=O)c1ccc(Cl)cc1. The molecule has 0 atom stereocenters. The van der Waals surface area contributed by atoms with Gasteiger partial charge in [-0.1, -0.05) is 43.6 Å². The van der Waals surface area contributed by atoms with Gasteiger partial charge in [-0.3, -0.25) is 0 Å². The number of esters is 1. The van der Waals surface area contributed by atoms with Crippen molar-refractivity contribution in [2.75, 3.05) is 0 Å². The lowest BCUT2D eigenvalue weighted by atomic mass is 10.1. The summed E-state index contributed by atoms with van der Waals surface area (Å²) in [5, 5.41) is 5.19. The fourth-order valence-electron chi connectivity index (χ4n) is 2.45. The van der Waals surface area contributed by atoms with Gasteiger partial charge in [-0.15, -0.1) is 0 Å². The zero-order valence-electron chi connectivity index (χ0n) is 14.4. The van der Waals surface area contributed by atoms with E-state index in [2.05, 4.69) is 18.9 Å². The molecule has 0 fully saturated rings. The van der Waals surface area contributed by atoms with Crippen molar-refractivity contribution in [1.82, 2.24) is 9.78 Å². The van der Waals surface area contributed by atoms with E-state index >= 15 is 0 Å². The van der Waals surface area contributed by atoms with E-state index in [1.165, 1.54) is 0 Å². The first kappa shape index (κ1) is 17.2. The van der Waals surface area contributed by atoms with E-state index in [9.17, 15) is 4.79 Å². The van der Waals surface area contributed by atoms with E-state index in [0.717, 1.165) is 16.9 Å². The third-order valence-electron chi connectivity index (χ3n) is 3.91. The zero-order chi connectivity index (χ0) is 18.0. The number of halogens is 1. The van der Waals surface area contributed by atoms with Gasteiger partial charge < -0.3 is 4.74 Å². The van der Waals surface area contributed by atoms with Crippen molar-refractivity contribution in [2.24, 2.45) is 0 Å². The van der Waals surface area contributed by atoms with Crippen LogP contribution in [-0.2, 0) is 0 Å². The Kier molecular flexibility index (Phi) is 4.91. The van der Waals surface area contributed by atoms with Gasteiger partial charge in [0, 0.05) is 11.1 Å². The molecule has 0 saturated heterocycles. The van der Waals surface area contributed by atoms with Crippen LogP contribution in [0.3, 0.4) is 0 Å². The summed E-state index contributed by atoms with van der Waals surface area (Å²) in [5.41, 5.74) is 3.23. The van der Waals surface area contributed by atoms with Crippen LogP contribution >= 0.6 is 11.6 Å². The molecule has 5 heteroatoms. The molecule has 0 aliphatic heterocycles. The molecular formula is C20H19ClN2O2. The number of rotatable bonds is 4. The van der Waals surface area contributed by atoms with Crippen molar-refractivity contribution < 1.29 is 9.53 Å². The van der Waals surface area contributed by atoms with Crippen LogP contribution in [0, 0.1) is 6.92 Å². The highest BCUT2D eigenvalue weighted by Gasteiger charge is 2.18. The fourth-order valence-corrected chi connectivity index (χ4v) is 2.58. The van der Waals surface area contributed by atoms with E-state index in [4.69, 9.17) is 16.3 Å². The first-order valence-corrected chi connectivity index (χ1v) is 8.47. The molecule has 1 aromatic heterocycles. The zero-order valence-corrected chi connectivity index (χ0v) is 15.1. The van der Waals surface area contributed by atoms with Gasteiger partial charge in [-0.05, 0) is 48.7 Å². The Bertz CT molecular complexity index is 898. The number of para-hydroxylation sites is 1. The number of hydrogen-bond acceptors (Lipinski definition) is 3. The molecule has 1 heterocycles. The summed E-state index contributed by atoms with van der Waals surface area (Å²) in [7, 11) is 0. The van der Waals surface area contributed by atoms with Crippen molar-refractivity contribution in [3.63, 3.8) is 0 Å². The van der Waals surface area contributed by atoms with Crippen LogP contribution in [0.2, 0.25) is 5.02 Å². The molecule has 0 spiro atoms. The molecule has 0 N–H and O–H groups in total. The first-order valence-electron chi connectivity index (χ1n) is 8.09. The van der Waals surface area contributed by atoms with Gasteiger partial charge in [0.2, 0.25) is 5.88 Å². The molecule has 2 aromatic carbocycles. The van der Waals surface area contributed by atoms with E-state index < -0.39 is 5.97 Å². The van der Waals surface area contributed by atoms with Crippen LogP contribution in [0.4, 0.5) is 0 Å². The van der Waals surface area contributed by atoms with Gasteiger partial charge in [0.15, 0.2) is 0 Å². The molecule has 3 rings (SSSR count). The number of carbonyl (C=O) groups excluding carboxylic acids is 1. The largest absolute Gasteiger partial charge is 0.404 e. The summed E-state index contributed by atoms with van der Waals surface area (Å²) in [5.74, 6) is 0.179. The second-order valence-electron chi connectivity index (χ2n) is 6.16. The molecule has 25 heavy (non-hydrogen) atoms. The number of benzene rings is 2. The maximum Gasteiger partial charge on any atom is 0.344 e. The summed E-state index contributed by atoms with van der Waals surface area (Å²) in [6.45, 7) is 6.10. The Balaban J connectivity index is 1.99. The highest BCUT2D eigenvalue weighted by atomic mass is 35.5. The van der Waals surface area contributed by atoms with Crippen molar-refractivity contribution in [1.29, 1.82) is 0 Å². The lowest BCUT2D eigenvalue weighted by molar-refractivity contribution is 0.0723. The predicted molar refractivity (Wildman–Crippen MR) is 98.8 cm³/mol. The minimum atomic E-state index is -0.443. The molecule has 128 valence electrons. The maximum absolute atomic E-state index is 12.5. The monoisotopic (exact) mass is 354 g/mol. The van der Waals surface area contributed by atoms with Crippen LogP contribution in [-0.4, -0.2) is 15.7 Å². The third kappa shape index (κ3) is 3.74. The Morgan fingerprint density at radius 2 is 1.80 bits per heavy atom. The third-order valence-corrected chi connectivity index (χ3v) is 4.16. The molecular weight excluding hydrogens is 336 g/mol. The van der Waals surface area contributed by atoms with Crippen molar-refractivity contribution >= 4 is 17.6 Å². The second kappa shape index (κ2) is 7.11.